The van der Waals surface area contributed by atoms with Gasteiger partial charge in [0.25, 0.3) is 0 Å². The summed E-state index contributed by atoms with van der Waals surface area (Å²) in [6.07, 6.45) is 1.15. The molecule has 0 aliphatic heterocycles. The number of anilines is 2. The lowest BCUT2D eigenvalue weighted by Crippen LogP contribution is -2.22. The Morgan fingerprint density at radius 1 is 1.13 bits per heavy atom. The smallest absolute Gasteiger partial charge is 0.243 e. The lowest BCUT2D eigenvalue weighted by atomic mass is 10.2. The predicted octanol–water partition coefficient (Wildman–Crippen LogP) is 3.05. The van der Waals surface area contributed by atoms with E-state index in [1.807, 2.05) is 25.1 Å². The number of sulfone groups is 1. The third kappa shape index (κ3) is 5.21. The van der Waals surface area contributed by atoms with Crippen molar-refractivity contribution in [2.75, 3.05) is 23.4 Å². The van der Waals surface area contributed by atoms with Gasteiger partial charge in [0.1, 0.15) is 0 Å². The zero-order chi connectivity index (χ0) is 17.0. The number of benzene rings is 2. The van der Waals surface area contributed by atoms with Crippen LogP contribution >= 0.6 is 22.6 Å². The Morgan fingerprint density at radius 2 is 1.78 bits per heavy atom. The molecule has 0 aromatic heterocycles. The van der Waals surface area contributed by atoms with E-state index in [0.29, 0.717) is 5.69 Å². The van der Waals surface area contributed by atoms with Gasteiger partial charge in [-0.3, -0.25) is 4.79 Å². The molecule has 0 fully saturated rings. The Kier molecular flexibility index (Phi) is 5.64. The summed E-state index contributed by atoms with van der Waals surface area (Å²) in [5.74, 6) is -0.199. The van der Waals surface area contributed by atoms with Crippen molar-refractivity contribution in [1.29, 1.82) is 0 Å². The van der Waals surface area contributed by atoms with Gasteiger partial charge in [0.2, 0.25) is 5.91 Å². The number of nitrogens with one attached hydrogen (secondary N) is 2. The largest absolute Gasteiger partial charge is 0.376 e. The fourth-order valence-electron chi connectivity index (χ4n) is 1.99. The van der Waals surface area contributed by atoms with E-state index in [2.05, 4.69) is 33.2 Å². The first-order valence-corrected chi connectivity index (χ1v) is 9.83. The van der Waals surface area contributed by atoms with E-state index >= 15 is 0 Å². The molecule has 2 aromatic carbocycles. The van der Waals surface area contributed by atoms with Crippen molar-refractivity contribution in [3.63, 3.8) is 0 Å². The van der Waals surface area contributed by atoms with E-state index in [9.17, 15) is 13.2 Å². The quantitative estimate of drug-likeness (QED) is 0.696. The summed E-state index contributed by atoms with van der Waals surface area (Å²) in [4.78, 5) is 12.2. The van der Waals surface area contributed by atoms with Gasteiger partial charge in [-0.05, 0) is 77.5 Å². The van der Waals surface area contributed by atoms with Gasteiger partial charge in [0, 0.05) is 21.2 Å². The Labute approximate surface area is 149 Å². The van der Waals surface area contributed by atoms with E-state index in [1.165, 1.54) is 12.1 Å². The van der Waals surface area contributed by atoms with E-state index in [-0.39, 0.29) is 17.3 Å². The Hall–Kier alpha value is -1.61. The SMILES string of the molecule is Cc1cc(I)ccc1NCC(=O)Nc1ccc(S(C)(=O)=O)cc1. The minimum Gasteiger partial charge on any atom is -0.376 e. The highest BCUT2D eigenvalue weighted by Gasteiger charge is 2.08. The second kappa shape index (κ2) is 7.31. The molecular weight excluding hydrogens is 427 g/mol. The molecule has 0 heterocycles. The van der Waals surface area contributed by atoms with Crippen LogP contribution in [0.3, 0.4) is 0 Å². The topological polar surface area (TPSA) is 75.3 Å². The molecule has 0 radical (unpaired) electrons. The van der Waals surface area contributed by atoms with E-state index in [0.717, 1.165) is 21.1 Å². The van der Waals surface area contributed by atoms with Crippen molar-refractivity contribution < 1.29 is 13.2 Å². The Bertz CT molecular complexity index is 818. The maximum atomic E-state index is 12.0. The van der Waals surface area contributed by atoms with E-state index in [1.54, 1.807) is 12.1 Å². The first-order chi connectivity index (χ1) is 10.8. The van der Waals surface area contributed by atoms with Crippen LogP contribution < -0.4 is 10.6 Å². The van der Waals surface area contributed by atoms with Crippen molar-refractivity contribution in [2.45, 2.75) is 11.8 Å². The number of rotatable bonds is 5. The first-order valence-electron chi connectivity index (χ1n) is 6.86. The molecule has 0 saturated heterocycles. The van der Waals surface area contributed by atoms with Gasteiger partial charge >= 0.3 is 0 Å². The monoisotopic (exact) mass is 444 g/mol. The Balaban J connectivity index is 1.94. The molecule has 5 nitrogen and oxygen atoms in total. The average molecular weight is 444 g/mol. The number of carbonyl (C=O) groups excluding carboxylic acids is 1. The fraction of sp³-hybridized carbons (Fsp3) is 0.188. The summed E-state index contributed by atoms with van der Waals surface area (Å²) in [6, 6.07) is 12.0. The number of amides is 1. The molecule has 7 heteroatoms. The van der Waals surface area contributed by atoms with Crippen molar-refractivity contribution >= 4 is 49.7 Å². The summed E-state index contributed by atoms with van der Waals surface area (Å²) >= 11 is 2.24. The van der Waals surface area contributed by atoms with Crippen LogP contribution in [0.5, 0.6) is 0 Å². The van der Waals surface area contributed by atoms with Crippen LogP contribution in [-0.4, -0.2) is 27.1 Å². The molecule has 0 unspecified atom stereocenters. The maximum Gasteiger partial charge on any atom is 0.243 e. The molecule has 0 saturated carbocycles. The first kappa shape index (κ1) is 17.7. The van der Waals surface area contributed by atoms with Gasteiger partial charge in [-0.2, -0.15) is 0 Å². The minimum absolute atomic E-state index is 0.134. The van der Waals surface area contributed by atoms with Gasteiger partial charge in [-0.25, -0.2) is 8.42 Å². The molecule has 0 spiro atoms. The van der Waals surface area contributed by atoms with Crippen molar-refractivity contribution in [3.05, 3.63) is 51.6 Å². The van der Waals surface area contributed by atoms with Crippen LogP contribution in [0.1, 0.15) is 5.56 Å². The lowest BCUT2D eigenvalue weighted by Gasteiger charge is -2.10. The molecular formula is C16H17IN2O3S. The molecule has 1 amide bonds. The second-order valence-electron chi connectivity index (χ2n) is 5.16. The van der Waals surface area contributed by atoms with E-state index in [4.69, 9.17) is 0 Å². The van der Waals surface area contributed by atoms with Crippen molar-refractivity contribution in [3.8, 4) is 0 Å². The van der Waals surface area contributed by atoms with Crippen molar-refractivity contribution in [2.24, 2.45) is 0 Å². The van der Waals surface area contributed by atoms with Crippen molar-refractivity contribution in [1.82, 2.24) is 0 Å². The second-order valence-corrected chi connectivity index (χ2v) is 8.42. The number of hydrogen-bond acceptors (Lipinski definition) is 4. The van der Waals surface area contributed by atoms with Crippen LogP contribution in [-0.2, 0) is 14.6 Å². The third-order valence-corrected chi connectivity index (χ3v) is 4.99. The summed E-state index contributed by atoms with van der Waals surface area (Å²) in [6.45, 7) is 2.11. The summed E-state index contributed by atoms with van der Waals surface area (Å²) in [5, 5.41) is 5.81. The number of halogens is 1. The van der Waals surface area contributed by atoms with Crippen LogP contribution in [0.2, 0.25) is 0 Å². The van der Waals surface area contributed by atoms with Gasteiger partial charge in [0.15, 0.2) is 9.84 Å². The molecule has 0 atom stereocenters. The van der Waals surface area contributed by atoms with Gasteiger partial charge in [-0.1, -0.05) is 0 Å². The number of aryl methyl sites for hydroxylation is 1. The van der Waals surface area contributed by atoms with Crippen LogP contribution in [0, 0.1) is 10.5 Å². The lowest BCUT2D eigenvalue weighted by molar-refractivity contribution is -0.114. The zero-order valence-electron chi connectivity index (χ0n) is 12.8. The Morgan fingerprint density at radius 3 is 2.35 bits per heavy atom. The number of carbonyl (C=O) groups is 1. The van der Waals surface area contributed by atoms with Gasteiger partial charge in [-0.15, -0.1) is 0 Å². The summed E-state index contributed by atoms with van der Waals surface area (Å²) < 4.78 is 23.9. The predicted molar refractivity (Wildman–Crippen MR) is 101 cm³/mol. The molecule has 2 N–H and O–H groups in total. The molecule has 23 heavy (non-hydrogen) atoms. The molecule has 0 bridgehead atoms. The normalized spacial score (nSPS) is 11.1. The molecule has 2 rings (SSSR count). The molecule has 0 aliphatic carbocycles. The minimum atomic E-state index is -3.23. The van der Waals surface area contributed by atoms with E-state index < -0.39 is 9.84 Å². The fourth-order valence-corrected chi connectivity index (χ4v) is 3.27. The highest BCUT2D eigenvalue weighted by atomic mass is 127. The van der Waals surface area contributed by atoms with Crippen LogP contribution in [0.4, 0.5) is 11.4 Å². The molecule has 0 aliphatic rings. The zero-order valence-corrected chi connectivity index (χ0v) is 15.7. The highest BCUT2D eigenvalue weighted by molar-refractivity contribution is 14.1. The van der Waals surface area contributed by atoms with Crippen LogP contribution in [0.25, 0.3) is 0 Å². The summed E-state index contributed by atoms with van der Waals surface area (Å²) in [5.41, 5.74) is 2.54. The standard InChI is InChI=1S/C16H17IN2O3S/c1-11-9-12(17)3-8-15(11)18-10-16(20)19-13-4-6-14(7-5-13)23(2,21)22/h3-9,18H,10H2,1-2H3,(H,19,20). The van der Waals surface area contributed by atoms with Crippen LogP contribution in [0.15, 0.2) is 47.4 Å². The number of hydrogen-bond donors (Lipinski definition) is 2. The molecule has 122 valence electrons. The summed E-state index contributed by atoms with van der Waals surface area (Å²) in [7, 11) is -3.23. The average Bonchev–Trinajstić information content (AvgIpc) is 2.46. The van der Waals surface area contributed by atoms with Gasteiger partial charge in [0.05, 0.1) is 11.4 Å². The van der Waals surface area contributed by atoms with Gasteiger partial charge < -0.3 is 10.6 Å². The maximum absolute atomic E-state index is 12.0. The third-order valence-electron chi connectivity index (χ3n) is 3.19. The highest BCUT2D eigenvalue weighted by Crippen LogP contribution is 2.18. The molecule has 2 aromatic rings.